The molecule has 1 fully saturated rings. The first-order valence-corrected chi connectivity index (χ1v) is 5.93. The number of imidazole rings is 1. The predicted octanol–water partition coefficient (Wildman–Crippen LogP) is -0.298. The highest BCUT2D eigenvalue weighted by Gasteiger charge is 2.43. The molecule has 4 atom stereocenters. The molecule has 0 spiro atoms. The molecule has 2 aromatic heterocycles. The minimum absolute atomic E-state index is 0.310. The zero-order chi connectivity index (χ0) is 13.6. The molecule has 3 heterocycles. The van der Waals surface area contributed by atoms with E-state index < -0.39 is 18.4 Å². The van der Waals surface area contributed by atoms with Crippen molar-refractivity contribution in [3.05, 3.63) is 12.7 Å². The van der Waals surface area contributed by atoms with E-state index in [4.69, 9.17) is 15.2 Å². The van der Waals surface area contributed by atoms with E-state index in [0.29, 0.717) is 17.0 Å². The average molecular weight is 265 g/mol. The molecule has 4 unspecified atom stereocenters. The first-order chi connectivity index (χ1) is 9.13. The number of nitrogens with two attached hydrogens (primary N) is 1. The number of nitrogens with zero attached hydrogens (tertiary/aromatic N) is 4. The highest BCUT2D eigenvalue weighted by Crippen LogP contribution is 2.33. The minimum Gasteiger partial charge on any atom is -0.388 e. The maximum absolute atomic E-state index is 10.0. The first-order valence-electron chi connectivity index (χ1n) is 5.93. The van der Waals surface area contributed by atoms with Gasteiger partial charge in [-0.2, -0.15) is 0 Å². The van der Waals surface area contributed by atoms with Crippen LogP contribution in [0.5, 0.6) is 0 Å². The molecule has 1 aliphatic heterocycles. The summed E-state index contributed by atoms with van der Waals surface area (Å²) in [5.74, 6) is 0.310. The van der Waals surface area contributed by atoms with Gasteiger partial charge in [0.2, 0.25) is 0 Å². The van der Waals surface area contributed by atoms with Crippen LogP contribution in [0.3, 0.4) is 0 Å². The van der Waals surface area contributed by atoms with Gasteiger partial charge < -0.3 is 20.3 Å². The molecule has 102 valence electrons. The molecule has 8 heteroatoms. The maximum atomic E-state index is 10.0. The van der Waals surface area contributed by atoms with Gasteiger partial charge >= 0.3 is 0 Å². The Kier molecular flexibility index (Phi) is 2.85. The van der Waals surface area contributed by atoms with Gasteiger partial charge in [-0.05, 0) is 6.92 Å². The number of aliphatic hydroxyl groups is 1. The van der Waals surface area contributed by atoms with Crippen molar-refractivity contribution in [3.8, 4) is 0 Å². The Labute approximate surface area is 109 Å². The molecule has 8 nitrogen and oxygen atoms in total. The van der Waals surface area contributed by atoms with Gasteiger partial charge in [0.15, 0.2) is 17.7 Å². The van der Waals surface area contributed by atoms with E-state index in [0.717, 1.165) is 0 Å². The van der Waals surface area contributed by atoms with Crippen LogP contribution in [0.1, 0.15) is 13.2 Å². The van der Waals surface area contributed by atoms with E-state index in [1.807, 2.05) is 0 Å². The van der Waals surface area contributed by atoms with Gasteiger partial charge in [-0.25, -0.2) is 15.0 Å². The van der Waals surface area contributed by atoms with E-state index >= 15 is 0 Å². The molecule has 3 N–H and O–H groups in total. The third-order valence-electron chi connectivity index (χ3n) is 3.39. The summed E-state index contributed by atoms with van der Waals surface area (Å²) in [4.78, 5) is 12.2. The quantitative estimate of drug-likeness (QED) is 0.767. The molecule has 0 radical (unpaired) electrons. The number of rotatable bonds is 2. The molecule has 19 heavy (non-hydrogen) atoms. The lowest BCUT2D eigenvalue weighted by molar-refractivity contribution is -0.0472. The smallest absolute Gasteiger partial charge is 0.167 e. The lowest BCUT2D eigenvalue weighted by Gasteiger charge is -2.19. The molecule has 0 amide bonds. The van der Waals surface area contributed by atoms with Crippen LogP contribution in [-0.4, -0.2) is 50.0 Å². The number of anilines is 1. The highest BCUT2D eigenvalue weighted by atomic mass is 16.6. The van der Waals surface area contributed by atoms with Crippen LogP contribution in [0.4, 0.5) is 5.82 Å². The topological polar surface area (TPSA) is 108 Å². The van der Waals surface area contributed by atoms with Crippen molar-refractivity contribution in [1.82, 2.24) is 19.5 Å². The second-order valence-corrected chi connectivity index (χ2v) is 4.51. The van der Waals surface area contributed by atoms with Gasteiger partial charge in [0.1, 0.15) is 24.1 Å². The van der Waals surface area contributed by atoms with E-state index in [1.165, 1.54) is 13.4 Å². The summed E-state index contributed by atoms with van der Waals surface area (Å²) in [6, 6.07) is 0. The summed E-state index contributed by atoms with van der Waals surface area (Å²) >= 11 is 0. The Morgan fingerprint density at radius 3 is 2.95 bits per heavy atom. The molecule has 3 rings (SSSR count). The van der Waals surface area contributed by atoms with Gasteiger partial charge in [-0.3, -0.25) is 4.57 Å². The van der Waals surface area contributed by atoms with E-state index in [9.17, 15) is 5.11 Å². The number of aromatic nitrogens is 4. The van der Waals surface area contributed by atoms with Gasteiger partial charge in [0.05, 0.1) is 12.4 Å². The normalized spacial score (nSPS) is 31.1. The van der Waals surface area contributed by atoms with Crippen LogP contribution >= 0.6 is 0 Å². The Bertz CT molecular complexity index is 601. The van der Waals surface area contributed by atoms with Crippen LogP contribution in [0.2, 0.25) is 0 Å². The number of methoxy groups -OCH3 is 1. The molecule has 0 bridgehead atoms. The summed E-state index contributed by atoms with van der Waals surface area (Å²) < 4.78 is 12.7. The summed E-state index contributed by atoms with van der Waals surface area (Å²) in [6.45, 7) is 1.79. The second-order valence-electron chi connectivity index (χ2n) is 4.51. The number of aliphatic hydroxyl groups excluding tert-OH is 1. The van der Waals surface area contributed by atoms with Gasteiger partial charge in [-0.1, -0.05) is 0 Å². The fourth-order valence-corrected chi connectivity index (χ4v) is 2.35. The minimum atomic E-state index is -0.702. The highest BCUT2D eigenvalue weighted by molar-refractivity contribution is 5.81. The fraction of sp³-hybridized carbons (Fsp3) is 0.545. The van der Waals surface area contributed by atoms with Crippen molar-refractivity contribution in [2.24, 2.45) is 0 Å². The molecular weight excluding hydrogens is 250 g/mol. The Hall–Kier alpha value is -1.77. The summed E-state index contributed by atoms with van der Waals surface area (Å²) in [7, 11) is 1.53. The predicted molar refractivity (Wildman–Crippen MR) is 66.1 cm³/mol. The number of ether oxygens (including phenoxy) is 2. The lowest BCUT2D eigenvalue weighted by atomic mass is 10.1. The number of hydrogen-bond donors (Lipinski definition) is 2. The zero-order valence-electron chi connectivity index (χ0n) is 10.6. The summed E-state index contributed by atoms with van der Waals surface area (Å²) in [5, 5.41) is 10.0. The van der Waals surface area contributed by atoms with Crippen LogP contribution in [0, 0.1) is 0 Å². The zero-order valence-corrected chi connectivity index (χ0v) is 10.6. The monoisotopic (exact) mass is 265 g/mol. The molecule has 1 aliphatic rings. The molecule has 0 aromatic carbocycles. The van der Waals surface area contributed by atoms with Gasteiger partial charge in [-0.15, -0.1) is 0 Å². The summed E-state index contributed by atoms with van der Waals surface area (Å²) in [6.07, 6.45) is 0.931. The second kappa shape index (κ2) is 4.41. The molecule has 0 saturated carbocycles. The lowest BCUT2D eigenvalue weighted by Crippen LogP contribution is -2.32. The average Bonchev–Trinajstić information content (AvgIpc) is 2.93. The van der Waals surface area contributed by atoms with Crippen LogP contribution in [-0.2, 0) is 9.47 Å². The van der Waals surface area contributed by atoms with Crippen LogP contribution in [0.25, 0.3) is 11.2 Å². The Morgan fingerprint density at radius 1 is 1.42 bits per heavy atom. The Morgan fingerprint density at radius 2 is 2.21 bits per heavy atom. The van der Waals surface area contributed by atoms with E-state index in [-0.39, 0.29) is 6.10 Å². The van der Waals surface area contributed by atoms with E-state index in [2.05, 4.69) is 15.0 Å². The largest absolute Gasteiger partial charge is 0.388 e. The van der Waals surface area contributed by atoms with Gasteiger partial charge in [0, 0.05) is 7.11 Å². The van der Waals surface area contributed by atoms with Gasteiger partial charge in [0.25, 0.3) is 0 Å². The molecule has 2 aromatic rings. The number of hydrogen-bond acceptors (Lipinski definition) is 7. The number of fused-ring (bicyclic) bond motifs is 1. The molecular formula is C11H15N5O3. The molecule has 0 aliphatic carbocycles. The number of nitrogen functional groups attached to an aromatic ring is 1. The van der Waals surface area contributed by atoms with Crippen molar-refractivity contribution in [1.29, 1.82) is 0 Å². The van der Waals surface area contributed by atoms with Crippen molar-refractivity contribution >= 4 is 17.0 Å². The fourth-order valence-electron chi connectivity index (χ4n) is 2.35. The van der Waals surface area contributed by atoms with Crippen molar-refractivity contribution in [2.75, 3.05) is 12.8 Å². The first kappa shape index (κ1) is 12.3. The van der Waals surface area contributed by atoms with Crippen molar-refractivity contribution < 1.29 is 14.6 Å². The molecule has 1 saturated heterocycles. The Balaban J connectivity index is 2.07. The third kappa shape index (κ3) is 1.76. The van der Waals surface area contributed by atoms with E-state index in [1.54, 1.807) is 17.8 Å². The van der Waals surface area contributed by atoms with Crippen molar-refractivity contribution in [3.63, 3.8) is 0 Å². The summed E-state index contributed by atoms with van der Waals surface area (Å²) in [5.41, 5.74) is 6.81. The van der Waals surface area contributed by atoms with Crippen LogP contribution in [0.15, 0.2) is 12.7 Å². The van der Waals surface area contributed by atoms with Crippen molar-refractivity contribution in [2.45, 2.75) is 31.5 Å². The third-order valence-corrected chi connectivity index (χ3v) is 3.39. The maximum Gasteiger partial charge on any atom is 0.167 e. The van der Waals surface area contributed by atoms with Crippen LogP contribution < -0.4 is 5.73 Å². The standard InChI is InChI=1S/C11H15N5O3/c1-5-7(17)8(18-2)11(19-5)16-4-15-6-9(12)13-3-14-10(6)16/h3-5,7-8,11,17H,1-2H3,(H2,12,13,14). The SMILES string of the molecule is COC1C(O)C(C)OC1n1cnc2c(N)ncnc21.